The van der Waals surface area contributed by atoms with E-state index in [0.29, 0.717) is 38.3 Å². The Balaban J connectivity index is 1.34. The number of hydrogen-bond acceptors (Lipinski definition) is 5. The molecule has 1 atom stereocenters. The van der Waals surface area contributed by atoms with Crippen LogP contribution in [0.1, 0.15) is 34.7 Å². The molecule has 2 heterocycles. The summed E-state index contributed by atoms with van der Waals surface area (Å²) in [5.74, 6) is 0.545. The molecule has 6 nitrogen and oxygen atoms in total. The van der Waals surface area contributed by atoms with Crippen molar-refractivity contribution in [1.29, 1.82) is 0 Å². The smallest absolute Gasteiger partial charge is 0.257 e. The summed E-state index contributed by atoms with van der Waals surface area (Å²) in [4.78, 5) is 17.8. The van der Waals surface area contributed by atoms with Crippen molar-refractivity contribution in [2.75, 3.05) is 44.7 Å². The second kappa shape index (κ2) is 10.7. The zero-order valence-corrected chi connectivity index (χ0v) is 21.7. The summed E-state index contributed by atoms with van der Waals surface area (Å²) in [7, 11) is 1.65. The summed E-state index contributed by atoms with van der Waals surface area (Å²) in [5.41, 5.74) is 5.99. The van der Waals surface area contributed by atoms with Crippen LogP contribution in [0.3, 0.4) is 0 Å². The van der Waals surface area contributed by atoms with Crippen molar-refractivity contribution in [2.45, 2.75) is 26.3 Å². The first-order chi connectivity index (χ1) is 17.9. The summed E-state index contributed by atoms with van der Waals surface area (Å²) >= 11 is 0. The standard InChI is InChI=1S/C30H33FN4O2/c1-21-8-9-22(2)25(18-21)27-19-29(23-10-12-24(37-3)13-11-23)35(32-27)30(36)20-33-14-16-34(17-15-33)28-7-5-4-6-26(28)31/h4-13,18,29H,14-17,19-20H2,1-3H3. The second-order valence-electron chi connectivity index (χ2n) is 9.81. The fourth-order valence-electron chi connectivity index (χ4n) is 5.15. The SMILES string of the molecule is COc1ccc(C2CC(c3cc(C)ccc3C)=NN2C(=O)CN2CCN(c3ccccc3F)CC2)cc1. The van der Waals surface area contributed by atoms with Crippen molar-refractivity contribution >= 4 is 17.3 Å². The first-order valence-corrected chi connectivity index (χ1v) is 12.8. The fraction of sp³-hybridized carbons (Fsp3) is 0.333. The van der Waals surface area contributed by atoms with Gasteiger partial charge in [0.25, 0.3) is 5.91 Å². The average Bonchev–Trinajstić information content (AvgIpc) is 3.36. The molecule has 3 aromatic rings. The summed E-state index contributed by atoms with van der Waals surface area (Å²) in [6.45, 7) is 7.16. The topological polar surface area (TPSA) is 48.4 Å². The molecule has 1 amide bonds. The van der Waals surface area contributed by atoms with E-state index in [1.165, 1.54) is 11.6 Å². The minimum atomic E-state index is -0.209. The normalized spacial score (nSPS) is 18.2. The lowest BCUT2D eigenvalue weighted by atomic mass is 9.95. The monoisotopic (exact) mass is 500 g/mol. The Morgan fingerprint density at radius 3 is 2.43 bits per heavy atom. The zero-order valence-electron chi connectivity index (χ0n) is 21.7. The highest BCUT2D eigenvalue weighted by atomic mass is 19.1. The quantitative estimate of drug-likeness (QED) is 0.481. The number of halogens is 1. The molecule has 3 aromatic carbocycles. The number of aryl methyl sites for hydroxylation is 2. The summed E-state index contributed by atoms with van der Waals surface area (Å²) in [5, 5.41) is 6.55. The molecule has 5 rings (SSSR count). The Hall–Kier alpha value is -3.71. The van der Waals surface area contributed by atoms with Gasteiger partial charge in [-0.1, -0.05) is 42.0 Å². The predicted octanol–water partition coefficient (Wildman–Crippen LogP) is 4.95. The Morgan fingerprint density at radius 1 is 1.00 bits per heavy atom. The van der Waals surface area contributed by atoms with E-state index in [4.69, 9.17) is 9.84 Å². The van der Waals surface area contributed by atoms with Crippen LogP contribution in [0.15, 0.2) is 71.8 Å². The van der Waals surface area contributed by atoms with Crippen molar-refractivity contribution < 1.29 is 13.9 Å². The first-order valence-electron chi connectivity index (χ1n) is 12.8. The Kier molecular flexibility index (Phi) is 7.24. The lowest BCUT2D eigenvalue weighted by molar-refractivity contribution is -0.134. The third-order valence-electron chi connectivity index (χ3n) is 7.29. The van der Waals surface area contributed by atoms with Gasteiger partial charge in [-0.05, 0) is 55.3 Å². The number of piperazine rings is 1. The molecule has 1 saturated heterocycles. The van der Waals surface area contributed by atoms with Gasteiger partial charge in [0.2, 0.25) is 0 Å². The molecule has 0 saturated carbocycles. The van der Waals surface area contributed by atoms with Gasteiger partial charge in [0, 0.05) is 38.2 Å². The molecular weight excluding hydrogens is 467 g/mol. The fourth-order valence-corrected chi connectivity index (χ4v) is 5.15. The lowest BCUT2D eigenvalue weighted by Gasteiger charge is -2.36. The number of carbonyl (C=O) groups excluding carboxylic acids is 1. The maximum Gasteiger partial charge on any atom is 0.257 e. The van der Waals surface area contributed by atoms with E-state index >= 15 is 0 Å². The molecule has 0 N–H and O–H groups in total. The van der Waals surface area contributed by atoms with E-state index in [0.717, 1.165) is 28.2 Å². The molecule has 7 heteroatoms. The van der Waals surface area contributed by atoms with Crippen molar-refractivity contribution in [3.63, 3.8) is 0 Å². The summed E-state index contributed by atoms with van der Waals surface area (Å²) < 4.78 is 19.6. The number of benzene rings is 3. The zero-order chi connectivity index (χ0) is 25.9. The molecule has 0 spiro atoms. The van der Waals surface area contributed by atoms with E-state index in [1.807, 2.05) is 41.3 Å². The second-order valence-corrected chi connectivity index (χ2v) is 9.81. The highest BCUT2D eigenvalue weighted by Crippen LogP contribution is 2.34. The third kappa shape index (κ3) is 5.37. The van der Waals surface area contributed by atoms with Crippen LogP contribution in [0.4, 0.5) is 10.1 Å². The van der Waals surface area contributed by atoms with Crippen LogP contribution in [-0.2, 0) is 4.79 Å². The number of carbonyl (C=O) groups is 1. The molecule has 2 aliphatic rings. The predicted molar refractivity (Wildman–Crippen MR) is 145 cm³/mol. The van der Waals surface area contributed by atoms with Gasteiger partial charge in [0.05, 0.1) is 31.1 Å². The summed E-state index contributed by atoms with van der Waals surface area (Å²) in [6.07, 6.45) is 0.656. The van der Waals surface area contributed by atoms with Gasteiger partial charge in [-0.3, -0.25) is 9.69 Å². The van der Waals surface area contributed by atoms with Crippen molar-refractivity contribution in [3.05, 3.63) is 94.8 Å². The Labute approximate surface area is 217 Å². The van der Waals surface area contributed by atoms with Crippen molar-refractivity contribution in [2.24, 2.45) is 5.10 Å². The molecule has 0 bridgehead atoms. The van der Waals surface area contributed by atoms with Gasteiger partial charge in [0.1, 0.15) is 11.6 Å². The van der Waals surface area contributed by atoms with E-state index in [9.17, 15) is 9.18 Å². The van der Waals surface area contributed by atoms with Gasteiger partial charge in [-0.15, -0.1) is 0 Å². The largest absolute Gasteiger partial charge is 0.497 e. The van der Waals surface area contributed by atoms with Crippen molar-refractivity contribution in [3.8, 4) is 5.75 Å². The molecule has 37 heavy (non-hydrogen) atoms. The van der Waals surface area contributed by atoms with Gasteiger partial charge in [-0.25, -0.2) is 9.40 Å². The number of hydrogen-bond donors (Lipinski definition) is 0. The lowest BCUT2D eigenvalue weighted by Crippen LogP contribution is -2.49. The number of anilines is 1. The minimum Gasteiger partial charge on any atom is -0.497 e. The van der Waals surface area contributed by atoms with E-state index in [1.54, 1.807) is 18.2 Å². The molecular formula is C30H33FN4O2. The maximum absolute atomic E-state index is 14.2. The number of rotatable bonds is 6. The number of methoxy groups -OCH3 is 1. The molecule has 0 radical (unpaired) electrons. The third-order valence-corrected chi connectivity index (χ3v) is 7.29. The van der Waals surface area contributed by atoms with Crippen LogP contribution in [0.5, 0.6) is 5.75 Å². The molecule has 0 aromatic heterocycles. The van der Waals surface area contributed by atoms with Gasteiger partial charge in [0.15, 0.2) is 0 Å². The van der Waals surface area contributed by atoms with Crippen molar-refractivity contribution in [1.82, 2.24) is 9.91 Å². The number of hydrazone groups is 1. The Morgan fingerprint density at radius 2 is 1.73 bits per heavy atom. The maximum atomic E-state index is 14.2. The minimum absolute atomic E-state index is 0.0273. The number of amides is 1. The van der Waals surface area contributed by atoms with E-state index in [2.05, 4.69) is 36.9 Å². The van der Waals surface area contributed by atoms with Crippen LogP contribution in [0.2, 0.25) is 0 Å². The number of para-hydroxylation sites is 1. The van der Waals surface area contributed by atoms with E-state index in [-0.39, 0.29) is 24.3 Å². The van der Waals surface area contributed by atoms with Crippen LogP contribution < -0.4 is 9.64 Å². The molecule has 192 valence electrons. The average molecular weight is 501 g/mol. The Bertz CT molecular complexity index is 1300. The van der Waals surface area contributed by atoms with Crippen LogP contribution >= 0.6 is 0 Å². The molecule has 1 unspecified atom stereocenters. The van der Waals surface area contributed by atoms with Gasteiger partial charge >= 0.3 is 0 Å². The van der Waals surface area contributed by atoms with Crippen LogP contribution in [-0.4, -0.2) is 61.4 Å². The summed E-state index contributed by atoms with van der Waals surface area (Å²) in [6, 6.07) is 20.9. The molecule has 0 aliphatic carbocycles. The van der Waals surface area contributed by atoms with Gasteiger partial charge < -0.3 is 9.64 Å². The molecule has 2 aliphatic heterocycles. The van der Waals surface area contributed by atoms with Crippen LogP contribution in [0, 0.1) is 19.7 Å². The highest BCUT2D eigenvalue weighted by Gasteiger charge is 2.34. The van der Waals surface area contributed by atoms with E-state index < -0.39 is 0 Å². The molecule has 1 fully saturated rings. The van der Waals surface area contributed by atoms with Gasteiger partial charge in [-0.2, -0.15) is 5.10 Å². The highest BCUT2D eigenvalue weighted by molar-refractivity contribution is 6.04. The first kappa shape index (κ1) is 25.0. The number of nitrogens with zero attached hydrogens (tertiary/aromatic N) is 4. The van der Waals surface area contributed by atoms with Crippen LogP contribution in [0.25, 0.3) is 0 Å². The number of ether oxygens (including phenoxy) is 1.